The average Bonchev–Trinajstić information content (AvgIpc) is 4.11. The number of nitrogens with two attached hydrogens (primary N) is 1. The van der Waals surface area contributed by atoms with E-state index in [1.165, 1.54) is 43.4 Å². The maximum atomic E-state index is 13.6. The molecule has 2 atom stereocenters. The van der Waals surface area contributed by atoms with Crippen LogP contribution in [0.2, 0.25) is 0 Å². The van der Waals surface area contributed by atoms with Crippen LogP contribution in [0.3, 0.4) is 0 Å². The molecule has 0 bridgehead atoms. The number of hydrogen-bond donors (Lipinski definition) is 4. The molecule has 2 saturated heterocycles. The second-order valence-electron chi connectivity index (χ2n) is 16.5. The van der Waals surface area contributed by atoms with Crippen LogP contribution in [0.25, 0.3) is 22.3 Å². The summed E-state index contributed by atoms with van der Waals surface area (Å²) in [4.78, 5) is 88.9. The van der Waals surface area contributed by atoms with E-state index in [1.54, 1.807) is 67.6 Å². The number of anilines is 1. The molecular formula is C43H57BN14O9SY. The predicted octanol–water partition coefficient (Wildman–Crippen LogP) is 1.11. The van der Waals surface area contributed by atoms with Gasteiger partial charge < -0.3 is 41.0 Å². The van der Waals surface area contributed by atoms with E-state index in [9.17, 15) is 42.4 Å². The molecule has 1 aromatic carbocycles. The summed E-state index contributed by atoms with van der Waals surface area (Å²) in [7, 11) is 5.11. The van der Waals surface area contributed by atoms with E-state index in [0.29, 0.717) is 46.4 Å². The van der Waals surface area contributed by atoms with E-state index in [-0.39, 0.29) is 97.2 Å². The van der Waals surface area contributed by atoms with E-state index < -0.39 is 63.4 Å². The molecule has 2 aliphatic rings. The van der Waals surface area contributed by atoms with Crippen molar-refractivity contribution in [1.29, 1.82) is 5.26 Å². The van der Waals surface area contributed by atoms with Gasteiger partial charge >= 0.3 is 12.1 Å². The van der Waals surface area contributed by atoms with Gasteiger partial charge in [-0.2, -0.15) is 14.7 Å². The quantitative estimate of drug-likeness (QED) is 0.102. The fourth-order valence-corrected chi connectivity index (χ4v) is 8.78. The van der Waals surface area contributed by atoms with E-state index >= 15 is 0 Å². The van der Waals surface area contributed by atoms with Gasteiger partial charge in [-0.3, -0.25) is 28.4 Å². The average molecular weight is 1050 g/mol. The Balaban J connectivity index is 0.00000252. The minimum Gasteiger partial charge on any atom is -0.445 e. The van der Waals surface area contributed by atoms with Crippen LogP contribution in [0.15, 0.2) is 55.2 Å². The Bertz CT molecular complexity index is 2620. The minimum atomic E-state index is -3.42. The molecule has 0 saturated carbocycles. The Hall–Kier alpha value is -5.80. The maximum absolute atomic E-state index is 13.6. The summed E-state index contributed by atoms with van der Waals surface area (Å²) in [5, 5.41) is 22.0. The second kappa shape index (κ2) is 25.2. The van der Waals surface area contributed by atoms with Crippen molar-refractivity contribution < 1.29 is 74.6 Å². The van der Waals surface area contributed by atoms with Crippen LogP contribution in [0.5, 0.6) is 0 Å². The molecular weight excluding hydrogens is 988 g/mol. The SMILES string of the molecule is CCC.[B]NC(CC(N)=O)C(=O)N1CCCC1C(=O)NCC(=O)Nc1ccc(COC(=O)N(C)CCN(C)C(=O)n2ccc3c(-c4cnn(C5(CC#N)CN(S(=O)(=O)CC)C5)c4)ncnc32)cc1.[Y]. The third-order valence-corrected chi connectivity index (χ3v) is 13.1. The molecule has 2 unspecified atom stereocenters. The number of carbonyl (C=O) groups excluding carboxylic acids is 6. The number of rotatable bonds is 18. The molecule has 4 aromatic rings. The Morgan fingerprint density at radius 3 is 2.36 bits per heavy atom. The number of carbonyl (C=O) groups is 6. The number of ether oxygens (including phenoxy) is 1. The molecule has 23 nitrogen and oxygen atoms in total. The zero-order chi connectivity index (χ0) is 49.8. The molecule has 6 amide bonds. The third kappa shape index (κ3) is 13.7. The normalized spacial score (nSPS) is 15.5. The molecule has 6 rings (SSSR count). The fraction of sp³-hybridized carbons (Fsp3) is 0.488. The number of nitriles is 1. The van der Waals surface area contributed by atoms with Crippen molar-refractivity contribution in [2.45, 2.75) is 77.1 Å². The van der Waals surface area contributed by atoms with E-state index in [2.05, 4.69) is 50.8 Å². The molecule has 365 valence electrons. The van der Waals surface area contributed by atoms with Gasteiger partial charge in [-0.25, -0.2) is 28.0 Å². The van der Waals surface area contributed by atoms with Crippen LogP contribution in [0, 0.1) is 11.3 Å². The monoisotopic (exact) mass is 1050 g/mol. The Kier molecular flexibility index (Phi) is 20.4. The van der Waals surface area contributed by atoms with Gasteiger partial charge in [-0.15, -0.1) is 0 Å². The van der Waals surface area contributed by atoms with Gasteiger partial charge in [-0.05, 0) is 43.5 Å². The number of sulfonamides is 1. The molecule has 5 heterocycles. The van der Waals surface area contributed by atoms with Crippen LogP contribution < -0.4 is 21.6 Å². The smallest absolute Gasteiger partial charge is 0.409 e. The number of aromatic nitrogens is 5. The first kappa shape index (κ1) is 55.8. The van der Waals surface area contributed by atoms with Crippen LogP contribution in [0.4, 0.5) is 15.3 Å². The van der Waals surface area contributed by atoms with Crippen molar-refractivity contribution in [3.63, 3.8) is 0 Å². The van der Waals surface area contributed by atoms with E-state index in [4.69, 9.17) is 18.5 Å². The minimum absolute atomic E-state index is 0. The van der Waals surface area contributed by atoms with Gasteiger partial charge in [0.25, 0.3) is 0 Å². The number of hydrogen-bond acceptors (Lipinski definition) is 14. The summed E-state index contributed by atoms with van der Waals surface area (Å²) < 4.78 is 34.6. The summed E-state index contributed by atoms with van der Waals surface area (Å²) in [6, 6.07) is 8.04. The Morgan fingerprint density at radius 1 is 1.04 bits per heavy atom. The van der Waals surface area contributed by atoms with Crippen molar-refractivity contribution in [3.05, 3.63) is 60.8 Å². The topological polar surface area (TPSA) is 293 Å². The summed E-state index contributed by atoms with van der Waals surface area (Å²) in [5.74, 6) is -2.35. The molecule has 26 heteroatoms. The van der Waals surface area contributed by atoms with Gasteiger partial charge in [0.05, 0.1) is 42.7 Å². The molecule has 2 fully saturated rings. The van der Waals surface area contributed by atoms with E-state index in [0.717, 1.165) is 0 Å². The van der Waals surface area contributed by atoms with Gasteiger partial charge in [0.2, 0.25) is 33.7 Å². The van der Waals surface area contributed by atoms with Crippen LogP contribution in [0.1, 0.15) is 58.4 Å². The number of likely N-dealkylation sites (tertiary alicyclic amines) is 1. The molecule has 5 N–H and O–H groups in total. The van der Waals surface area contributed by atoms with Crippen molar-refractivity contribution in [3.8, 4) is 17.3 Å². The van der Waals surface area contributed by atoms with Crippen molar-refractivity contribution in [2.75, 3.05) is 64.4 Å². The number of likely N-dealkylation sites (N-methyl/N-ethyl adjacent to an activating group) is 2. The Morgan fingerprint density at radius 2 is 1.72 bits per heavy atom. The van der Waals surface area contributed by atoms with Gasteiger partial charge in [0.1, 0.15) is 24.5 Å². The number of benzene rings is 1. The number of amides is 6. The van der Waals surface area contributed by atoms with Crippen LogP contribution >= 0.6 is 0 Å². The molecule has 69 heavy (non-hydrogen) atoms. The molecule has 3 radical (unpaired) electrons. The number of primary amides is 1. The van der Waals surface area contributed by atoms with E-state index in [1.807, 2.05) is 0 Å². The first-order valence-corrected chi connectivity index (χ1v) is 23.6. The second-order valence-corrected chi connectivity index (χ2v) is 18.7. The molecule has 3 aromatic heterocycles. The molecule has 0 spiro atoms. The van der Waals surface area contributed by atoms with Gasteiger partial charge in [0.15, 0.2) is 13.6 Å². The van der Waals surface area contributed by atoms with Crippen LogP contribution in [-0.4, -0.2) is 167 Å². The molecule has 2 aliphatic heterocycles. The summed E-state index contributed by atoms with van der Waals surface area (Å²) >= 11 is 0. The zero-order valence-electron chi connectivity index (χ0n) is 39.3. The maximum Gasteiger partial charge on any atom is 0.409 e. The number of nitrogens with zero attached hydrogens (tertiary/aromatic N) is 10. The summed E-state index contributed by atoms with van der Waals surface area (Å²) in [5.41, 5.74) is 6.85. The van der Waals surface area contributed by atoms with Gasteiger partial charge in [0, 0.05) is 115 Å². The zero-order valence-corrected chi connectivity index (χ0v) is 43.0. The molecule has 0 aliphatic carbocycles. The van der Waals surface area contributed by atoms with Crippen molar-refractivity contribution >= 4 is 70.5 Å². The first-order chi connectivity index (χ1) is 32.4. The number of fused-ring (bicyclic) bond motifs is 1. The standard InChI is InChI=1S/C40H49BN14O9S.C3H8.Y/c1-4-65(62,63)52-23-40(24-52,12-13-42)55-21-27(19-47-55)34-29-11-15-54(35(29)46-25-45-34)38(60)50(2)16-17-51(3)39(61)64-22-26-7-9-28(10-8-26)48-33(57)20-44-36(58)31-6-5-14-53(31)37(59)30(49-41)18-32(43)56;1-3-2;/h7-11,15,19,21,25,30-31,49H,4-6,12,14,16-18,20,22-24H2,1-3H3,(H2,43,56)(H,44,58)(H,48,57);3H2,1-2H3;. The number of nitrogens with one attached hydrogen (secondary N) is 3. The largest absolute Gasteiger partial charge is 0.445 e. The van der Waals surface area contributed by atoms with Gasteiger partial charge in [-0.1, -0.05) is 32.4 Å². The van der Waals surface area contributed by atoms with Crippen molar-refractivity contribution in [2.24, 2.45) is 5.73 Å². The summed E-state index contributed by atoms with van der Waals surface area (Å²) in [6.45, 7) is 6.20. The van der Waals surface area contributed by atoms with Crippen molar-refractivity contribution in [1.82, 2.24) is 53.9 Å². The Labute approximate surface area is 427 Å². The fourth-order valence-electron chi connectivity index (χ4n) is 7.54. The summed E-state index contributed by atoms with van der Waals surface area (Å²) in [6.07, 6.45) is 7.45. The first-order valence-electron chi connectivity index (χ1n) is 22.0. The predicted molar refractivity (Wildman–Crippen MR) is 249 cm³/mol. The van der Waals surface area contributed by atoms with Crippen LogP contribution in [-0.2, 0) is 78.8 Å². The third-order valence-electron chi connectivity index (χ3n) is 11.3.